The Morgan fingerprint density at radius 1 is 1.50 bits per heavy atom. The zero-order chi connectivity index (χ0) is 10.6. The van der Waals surface area contributed by atoms with Crippen LogP contribution in [0.5, 0.6) is 0 Å². The van der Waals surface area contributed by atoms with Crippen molar-refractivity contribution < 1.29 is 10.2 Å². The van der Waals surface area contributed by atoms with Crippen molar-refractivity contribution in [3.05, 3.63) is 34.9 Å². The second kappa shape index (κ2) is 4.88. The lowest BCUT2D eigenvalue weighted by Crippen LogP contribution is -2.03. The first-order chi connectivity index (χ1) is 6.69. The number of hydrogen-bond acceptors (Lipinski definition) is 3. The van der Waals surface area contributed by atoms with Crippen molar-refractivity contribution in [2.24, 2.45) is 4.99 Å². The highest BCUT2D eigenvalue weighted by Crippen LogP contribution is 2.16. The Kier molecular flexibility index (Phi) is 3.80. The van der Waals surface area contributed by atoms with Crippen LogP contribution < -0.4 is 0 Å². The summed E-state index contributed by atoms with van der Waals surface area (Å²) in [5.74, 6) is 0. The van der Waals surface area contributed by atoms with Gasteiger partial charge in [-0.15, -0.1) is 0 Å². The van der Waals surface area contributed by atoms with Crippen LogP contribution in [0.25, 0.3) is 0 Å². The topological polar surface area (TPSA) is 52.8 Å². The standard InChI is InChI=1S/C11H15NO2/c1-8-5-9(11(14)7-13)3-4-10(8)6-12-2/h3-6,11,13-14H,7H2,1-2H3/t11-/m1/s1. The van der Waals surface area contributed by atoms with E-state index in [0.29, 0.717) is 0 Å². The van der Waals surface area contributed by atoms with Crippen LogP contribution in [0.15, 0.2) is 23.2 Å². The summed E-state index contributed by atoms with van der Waals surface area (Å²) >= 11 is 0. The normalized spacial score (nSPS) is 13.4. The van der Waals surface area contributed by atoms with Crippen LogP contribution >= 0.6 is 0 Å². The SMILES string of the molecule is CN=Cc1ccc([C@H](O)CO)cc1C. The predicted molar refractivity (Wildman–Crippen MR) is 56.7 cm³/mol. The van der Waals surface area contributed by atoms with Gasteiger partial charge in [0.2, 0.25) is 0 Å². The average molecular weight is 193 g/mol. The molecule has 0 saturated heterocycles. The van der Waals surface area contributed by atoms with Crippen LogP contribution in [0.3, 0.4) is 0 Å². The monoisotopic (exact) mass is 193 g/mol. The Labute approximate surface area is 83.7 Å². The number of benzene rings is 1. The van der Waals surface area contributed by atoms with Crippen molar-refractivity contribution in [3.8, 4) is 0 Å². The molecule has 76 valence electrons. The number of rotatable bonds is 3. The van der Waals surface area contributed by atoms with Crippen LogP contribution in [0.4, 0.5) is 0 Å². The Balaban J connectivity index is 3.00. The molecule has 3 nitrogen and oxygen atoms in total. The van der Waals surface area contributed by atoms with E-state index in [1.54, 1.807) is 19.3 Å². The van der Waals surface area contributed by atoms with Gasteiger partial charge in [0.25, 0.3) is 0 Å². The maximum absolute atomic E-state index is 9.39. The van der Waals surface area contributed by atoms with Gasteiger partial charge in [-0.05, 0) is 23.6 Å². The van der Waals surface area contributed by atoms with E-state index in [4.69, 9.17) is 5.11 Å². The lowest BCUT2D eigenvalue weighted by Gasteiger charge is -2.09. The molecule has 2 N–H and O–H groups in total. The van der Waals surface area contributed by atoms with Crippen LogP contribution in [0.2, 0.25) is 0 Å². The third-order valence-electron chi connectivity index (χ3n) is 2.12. The highest BCUT2D eigenvalue weighted by Gasteiger charge is 2.06. The van der Waals surface area contributed by atoms with Gasteiger partial charge in [-0.1, -0.05) is 18.2 Å². The first-order valence-electron chi connectivity index (χ1n) is 4.50. The lowest BCUT2D eigenvalue weighted by atomic mass is 10.0. The smallest absolute Gasteiger partial charge is 0.102 e. The van der Waals surface area contributed by atoms with Crippen LogP contribution in [-0.2, 0) is 0 Å². The third kappa shape index (κ3) is 2.40. The number of aliphatic hydroxyl groups is 2. The number of aliphatic hydroxyl groups excluding tert-OH is 2. The van der Waals surface area contributed by atoms with E-state index in [2.05, 4.69) is 4.99 Å². The second-order valence-electron chi connectivity index (χ2n) is 3.20. The Morgan fingerprint density at radius 3 is 2.71 bits per heavy atom. The van der Waals surface area contributed by atoms with Crippen LogP contribution in [-0.4, -0.2) is 30.1 Å². The molecule has 1 aromatic rings. The van der Waals surface area contributed by atoms with E-state index >= 15 is 0 Å². The number of nitrogens with zero attached hydrogens (tertiary/aromatic N) is 1. The van der Waals surface area contributed by atoms with Gasteiger partial charge < -0.3 is 10.2 Å². The molecule has 0 saturated carbocycles. The molecule has 14 heavy (non-hydrogen) atoms. The highest BCUT2D eigenvalue weighted by atomic mass is 16.3. The summed E-state index contributed by atoms with van der Waals surface area (Å²) in [6.45, 7) is 1.70. The molecule has 0 bridgehead atoms. The molecule has 0 aliphatic heterocycles. The summed E-state index contributed by atoms with van der Waals surface area (Å²) in [5, 5.41) is 18.2. The van der Waals surface area contributed by atoms with Gasteiger partial charge in [0.1, 0.15) is 6.10 Å². The zero-order valence-electron chi connectivity index (χ0n) is 8.44. The minimum Gasteiger partial charge on any atom is -0.393 e. The van der Waals surface area contributed by atoms with Crippen molar-refractivity contribution >= 4 is 6.21 Å². The summed E-state index contributed by atoms with van der Waals surface area (Å²) in [7, 11) is 1.72. The predicted octanol–water partition coefficient (Wildman–Crippen LogP) is 1.07. The quantitative estimate of drug-likeness (QED) is 0.705. The average Bonchev–Trinajstić information content (AvgIpc) is 2.20. The molecule has 1 atom stereocenters. The van der Waals surface area contributed by atoms with Gasteiger partial charge in [-0.2, -0.15) is 0 Å². The molecule has 0 fully saturated rings. The van der Waals surface area contributed by atoms with E-state index in [-0.39, 0.29) is 6.61 Å². The van der Waals surface area contributed by atoms with Gasteiger partial charge in [0, 0.05) is 13.3 Å². The number of aryl methyl sites for hydroxylation is 1. The van der Waals surface area contributed by atoms with E-state index in [1.807, 2.05) is 19.1 Å². The fourth-order valence-corrected chi connectivity index (χ4v) is 1.30. The molecule has 3 heteroatoms. The number of aliphatic imine (C=N–C) groups is 1. The van der Waals surface area contributed by atoms with Gasteiger partial charge >= 0.3 is 0 Å². The van der Waals surface area contributed by atoms with Crippen LogP contribution in [0.1, 0.15) is 22.8 Å². The molecule has 0 amide bonds. The van der Waals surface area contributed by atoms with Gasteiger partial charge in [-0.25, -0.2) is 0 Å². The molecular formula is C11H15NO2. The molecule has 1 aromatic carbocycles. The summed E-state index contributed by atoms with van der Waals surface area (Å²) in [6.07, 6.45) is 0.978. The van der Waals surface area contributed by atoms with Crippen molar-refractivity contribution in [2.45, 2.75) is 13.0 Å². The van der Waals surface area contributed by atoms with Gasteiger partial charge in [-0.3, -0.25) is 4.99 Å². The first-order valence-corrected chi connectivity index (χ1v) is 4.50. The molecule has 0 aliphatic rings. The van der Waals surface area contributed by atoms with E-state index in [9.17, 15) is 5.11 Å². The second-order valence-corrected chi connectivity index (χ2v) is 3.20. The minimum absolute atomic E-state index is 0.249. The van der Waals surface area contributed by atoms with E-state index in [1.165, 1.54) is 0 Å². The van der Waals surface area contributed by atoms with Gasteiger partial charge in [0.15, 0.2) is 0 Å². The van der Waals surface area contributed by atoms with E-state index in [0.717, 1.165) is 16.7 Å². The molecule has 0 unspecified atom stereocenters. The fourth-order valence-electron chi connectivity index (χ4n) is 1.30. The Hall–Kier alpha value is -1.19. The summed E-state index contributed by atoms with van der Waals surface area (Å²) in [6, 6.07) is 5.54. The van der Waals surface area contributed by atoms with Crippen molar-refractivity contribution in [3.63, 3.8) is 0 Å². The molecule has 0 aromatic heterocycles. The molecule has 0 spiro atoms. The first kappa shape index (κ1) is 10.9. The zero-order valence-corrected chi connectivity index (χ0v) is 8.44. The maximum atomic E-state index is 9.39. The lowest BCUT2D eigenvalue weighted by molar-refractivity contribution is 0.0956. The minimum atomic E-state index is -0.790. The van der Waals surface area contributed by atoms with Crippen molar-refractivity contribution in [1.29, 1.82) is 0 Å². The summed E-state index contributed by atoms with van der Waals surface area (Å²) < 4.78 is 0. The van der Waals surface area contributed by atoms with Crippen molar-refractivity contribution in [1.82, 2.24) is 0 Å². The maximum Gasteiger partial charge on any atom is 0.102 e. The number of hydrogen-bond donors (Lipinski definition) is 2. The van der Waals surface area contributed by atoms with Crippen molar-refractivity contribution in [2.75, 3.05) is 13.7 Å². The van der Waals surface area contributed by atoms with E-state index < -0.39 is 6.10 Å². The summed E-state index contributed by atoms with van der Waals surface area (Å²) in [5.41, 5.74) is 2.81. The summed E-state index contributed by atoms with van der Waals surface area (Å²) in [4.78, 5) is 3.92. The molecule has 0 radical (unpaired) electrons. The Morgan fingerprint density at radius 2 is 2.21 bits per heavy atom. The molecule has 1 rings (SSSR count). The molecule has 0 heterocycles. The third-order valence-corrected chi connectivity index (χ3v) is 2.12. The molecular weight excluding hydrogens is 178 g/mol. The molecule has 0 aliphatic carbocycles. The van der Waals surface area contributed by atoms with Crippen LogP contribution in [0, 0.1) is 6.92 Å². The fraction of sp³-hybridized carbons (Fsp3) is 0.364. The Bertz CT molecular complexity index is 334. The van der Waals surface area contributed by atoms with Gasteiger partial charge in [0.05, 0.1) is 6.61 Å². The highest BCUT2D eigenvalue weighted by molar-refractivity contribution is 5.81. The largest absolute Gasteiger partial charge is 0.393 e.